The molecule has 0 aliphatic rings. The van der Waals surface area contributed by atoms with Crippen molar-refractivity contribution in [2.75, 3.05) is 19.6 Å². The Morgan fingerprint density at radius 3 is 2.37 bits per heavy atom. The summed E-state index contributed by atoms with van der Waals surface area (Å²) >= 11 is 0. The highest BCUT2D eigenvalue weighted by atomic mass is 16.2. The Hall–Kier alpha value is -1.08. The van der Waals surface area contributed by atoms with Crippen LogP contribution in [0.3, 0.4) is 0 Å². The van der Waals surface area contributed by atoms with Crippen LogP contribution in [0.25, 0.3) is 0 Å². The first-order chi connectivity index (χ1) is 8.87. The second-order valence-corrected chi connectivity index (χ2v) is 5.64. The molecule has 0 aliphatic heterocycles. The first-order valence-electron chi connectivity index (χ1n) is 7.31. The van der Waals surface area contributed by atoms with Crippen LogP contribution >= 0.6 is 0 Å². The summed E-state index contributed by atoms with van der Waals surface area (Å²) in [6.45, 7) is 12.2. The summed E-state index contributed by atoms with van der Waals surface area (Å²) in [5, 5.41) is 12.2. The van der Waals surface area contributed by atoms with Gasteiger partial charge in [0.15, 0.2) is 0 Å². The number of hydrogen-bond acceptors (Lipinski definition) is 3. The van der Waals surface area contributed by atoms with Crippen molar-refractivity contribution >= 4 is 5.91 Å². The van der Waals surface area contributed by atoms with Gasteiger partial charge in [-0.2, -0.15) is 5.26 Å². The lowest BCUT2D eigenvalue weighted by atomic mass is 9.89. The molecule has 1 atom stereocenters. The van der Waals surface area contributed by atoms with Crippen molar-refractivity contribution in [1.29, 1.82) is 5.26 Å². The monoisotopic (exact) mass is 267 g/mol. The van der Waals surface area contributed by atoms with Crippen molar-refractivity contribution in [2.45, 2.75) is 59.9 Å². The minimum absolute atomic E-state index is 0.121. The molecule has 0 radical (unpaired) electrons. The van der Waals surface area contributed by atoms with Crippen LogP contribution in [0.1, 0.15) is 53.9 Å². The lowest BCUT2D eigenvalue weighted by Crippen LogP contribution is -2.45. The van der Waals surface area contributed by atoms with Gasteiger partial charge in [-0.25, -0.2) is 0 Å². The predicted octanol–water partition coefficient (Wildman–Crippen LogP) is 2.55. The first kappa shape index (κ1) is 17.9. The quantitative estimate of drug-likeness (QED) is 0.653. The molecule has 1 N–H and O–H groups in total. The van der Waals surface area contributed by atoms with Crippen LogP contribution in [0.4, 0.5) is 0 Å². The van der Waals surface area contributed by atoms with Crippen molar-refractivity contribution < 1.29 is 4.79 Å². The van der Waals surface area contributed by atoms with Gasteiger partial charge in [0.05, 0.1) is 17.5 Å². The maximum atomic E-state index is 12.0. The fraction of sp³-hybridized carbons (Fsp3) is 0.867. The largest absolute Gasteiger partial charge is 0.342 e. The van der Waals surface area contributed by atoms with Gasteiger partial charge in [0.25, 0.3) is 0 Å². The zero-order valence-corrected chi connectivity index (χ0v) is 13.1. The summed E-state index contributed by atoms with van der Waals surface area (Å²) in [6.07, 6.45) is 2.92. The van der Waals surface area contributed by atoms with E-state index in [1.54, 1.807) is 0 Å². The van der Waals surface area contributed by atoms with Crippen molar-refractivity contribution in [2.24, 2.45) is 5.41 Å². The third-order valence-electron chi connectivity index (χ3n) is 3.43. The molecule has 0 rings (SSSR count). The van der Waals surface area contributed by atoms with Crippen molar-refractivity contribution in [3.63, 3.8) is 0 Å². The van der Waals surface area contributed by atoms with Gasteiger partial charge >= 0.3 is 0 Å². The molecule has 110 valence electrons. The van der Waals surface area contributed by atoms with E-state index in [0.29, 0.717) is 0 Å². The van der Waals surface area contributed by atoms with Gasteiger partial charge in [0.1, 0.15) is 0 Å². The van der Waals surface area contributed by atoms with E-state index < -0.39 is 0 Å². The Morgan fingerprint density at radius 1 is 1.32 bits per heavy atom. The van der Waals surface area contributed by atoms with Crippen molar-refractivity contribution in [3.8, 4) is 6.07 Å². The average molecular weight is 267 g/mol. The van der Waals surface area contributed by atoms with E-state index in [-0.39, 0.29) is 17.4 Å². The third-order valence-corrected chi connectivity index (χ3v) is 3.43. The molecule has 1 unspecified atom stereocenters. The number of rotatable bonds is 9. The normalized spacial score (nSPS) is 12.8. The highest BCUT2D eigenvalue weighted by Gasteiger charge is 2.18. The van der Waals surface area contributed by atoms with Gasteiger partial charge in [-0.3, -0.25) is 4.79 Å². The second kappa shape index (κ2) is 8.92. The number of amides is 1. The van der Waals surface area contributed by atoms with Crippen LogP contribution in [0.5, 0.6) is 0 Å². The molecule has 4 nitrogen and oxygen atoms in total. The molecule has 0 aromatic heterocycles. The summed E-state index contributed by atoms with van der Waals surface area (Å²) < 4.78 is 0. The van der Waals surface area contributed by atoms with Gasteiger partial charge in [-0.05, 0) is 54.0 Å². The topological polar surface area (TPSA) is 56.1 Å². The summed E-state index contributed by atoms with van der Waals surface area (Å²) in [6, 6.07) is 2.19. The lowest BCUT2D eigenvalue weighted by Gasteiger charge is -2.23. The number of nitrogens with one attached hydrogen (secondary N) is 1. The number of hydrogen-bond donors (Lipinski definition) is 1. The fourth-order valence-corrected chi connectivity index (χ4v) is 1.96. The maximum Gasteiger partial charge on any atom is 0.239 e. The van der Waals surface area contributed by atoms with Gasteiger partial charge in [0, 0.05) is 13.1 Å². The van der Waals surface area contributed by atoms with E-state index in [2.05, 4.69) is 11.4 Å². The minimum atomic E-state index is -0.233. The van der Waals surface area contributed by atoms with E-state index in [0.717, 1.165) is 38.9 Å². The van der Waals surface area contributed by atoms with E-state index in [1.807, 2.05) is 39.5 Å². The Labute approximate surface area is 118 Å². The van der Waals surface area contributed by atoms with E-state index in [4.69, 9.17) is 5.26 Å². The Balaban J connectivity index is 3.84. The molecule has 19 heavy (non-hydrogen) atoms. The van der Waals surface area contributed by atoms with Gasteiger partial charge < -0.3 is 10.2 Å². The van der Waals surface area contributed by atoms with Crippen molar-refractivity contribution in [3.05, 3.63) is 0 Å². The molecule has 0 spiro atoms. The SMILES string of the molecule is CCN(CC)C(=O)C(C)NCCCCC(C)(C)C#N. The fourth-order valence-electron chi connectivity index (χ4n) is 1.96. The second-order valence-electron chi connectivity index (χ2n) is 5.64. The van der Waals surface area contributed by atoms with Crippen LogP contribution in [-0.2, 0) is 4.79 Å². The van der Waals surface area contributed by atoms with Crippen LogP contribution in [0, 0.1) is 16.7 Å². The molecule has 0 aromatic rings. The number of nitriles is 1. The summed E-state index contributed by atoms with van der Waals surface area (Å²) in [4.78, 5) is 13.8. The van der Waals surface area contributed by atoms with Crippen LogP contribution in [0.15, 0.2) is 0 Å². The summed E-state index contributed by atoms with van der Waals surface area (Å²) in [5.41, 5.74) is -0.233. The third kappa shape index (κ3) is 7.17. The average Bonchev–Trinajstić information content (AvgIpc) is 2.39. The first-order valence-corrected chi connectivity index (χ1v) is 7.31. The number of unbranched alkanes of at least 4 members (excludes halogenated alkanes) is 1. The Bertz CT molecular complexity index is 303. The van der Waals surface area contributed by atoms with Crippen LogP contribution in [0.2, 0.25) is 0 Å². The van der Waals surface area contributed by atoms with Crippen LogP contribution < -0.4 is 5.32 Å². The number of carbonyl (C=O) groups is 1. The smallest absolute Gasteiger partial charge is 0.239 e. The number of likely N-dealkylation sites (N-methyl/N-ethyl adjacent to an activating group) is 1. The van der Waals surface area contributed by atoms with Crippen LogP contribution in [-0.4, -0.2) is 36.5 Å². The molecule has 1 amide bonds. The Kier molecular flexibility index (Phi) is 8.42. The predicted molar refractivity (Wildman–Crippen MR) is 78.6 cm³/mol. The van der Waals surface area contributed by atoms with E-state index in [1.165, 1.54) is 0 Å². The maximum absolute atomic E-state index is 12.0. The van der Waals surface area contributed by atoms with E-state index >= 15 is 0 Å². The molecule has 0 bridgehead atoms. The molecule has 0 saturated carbocycles. The van der Waals surface area contributed by atoms with Crippen molar-refractivity contribution in [1.82, 2.24) is 10.2 Å². The standard InChI is InChI=1S/C15H29N3O/c1-6-18(7-2)14(19)13(3)17-11-9-8-10-15(4,5)12-16/h13,17H,6-11H2,1-5H3. The highest BCUT2D eigenvalue weighted by molar-refractivity contribution is 5.81. The number of nitrogens with zero attached hydrogens (tertiary/aromatic N) is 2. The highest BCUT2D eigenvalue weighted by Crippen LogP contribution is 2.21. The summed E-state index contributed by atoms with van der Waals surface area (Å²) in [5.74, 6) is 0.169. The molecular formula is C15H29N3O. The zero-order valence-electron chi connectivity index (χ0n) is 13.1. The molecule has 0 fully saturated rings. The molecular weight excluding hydrogens is 238 g/mol. The minimum Gasteiger partial charge on any atom is -0.342 e. The van der Waals surface area contributed by atoms with Gasteiger partial charge in [-0.15, -0.1) is 0 Å². The van der Waals surface area contributed by atoms with E-state index in [9.17, 15) is 4.79 Å². The molecule has 0 aliphatic carbocycles. The number of carbonyl (C=O) groups excluding carboxylic acids is 1. The summed E-state index contributed by atoms with van der Waals surface area (Å²) in [7, 11) is 0. The van der Waals surface area contributed by atoms with Gasteiger partial charge in [0.2, 0.25) is 5.91 Å². The zero-order chi connectivity index (χ0) is 14.9. The molecule has 0 saturated heterocycles. The molecule has 0 heterocycles. The Morgan fingerprint density at radius 2 is 1.89 bits per heavy atom. The molecule has 0 aromatic carbocycles. The van der Waals surface area contributed by atoms with Gasteiger partial charge in [-0.1, -0.05) is 6.42 Å². The molecule has 4 heteroatoms. The lowest BCUT2D eigenvalue weighted by molar-refractivity contribution is -0.132.